The van der Waals surface area contributed by atoms with Gasteiger partial charge in [0.05, 0.1) is 34.5 Å². The Kier molecular flexibility index (Phi) is 6.87. The number of carbonyl (C=O) groups excluding carboxylic acids is 1. The maximum Gasteiger partial charge on any atom is 0.191 e. The molecular formula is C29H36O6. The summed E-state index contributed by atoms with van der Waals surface area (Å²) in [5.74, 6) is 2.60. The Morgan fingerprint density at radius 2 is 1.40 bits per heavy atom. The van der Waals surface area contributed by atoms with Crippen LogP contribution in [0.3, 0.4) is 0 Å². The van der Waals surface area contributed by atoms with Crippen LogP contribution in [0.1, 0.15) is 63.2 Å². The summed E-state index contributed by atoms with van der Waals surface area (Å²) in [5.41, 5.74) is 1.80. The lowest BCUT2D eigenvalue weighted by Crippen LogP contribution is -2.39. The van der Waals surface area contributed by atoms with Crippen LogP contribution >= 0.6 is 0 Å². The fraction of sp³-hybridized carbons (Fsp3) is 0.483. The fourth-order valence-corrected chi connectivity index (χ4v) is 5.44. The average Bonchev–Trinajstić information content (AvgIpc) is 3.40. The zero-order valence-corrected chi connectivity index (χ0v) is 21.8. The normalized spacial score (nSPS) is 25.3. The van der Waals surface area contributed by atoms with E-state index in [0.717, 1.165) is 23.1 Å². The predicted octanol–water partition coefficient (Wildman–Crippen LogP) is 6.04. The summed E-state index contributed by atoms with van der Waals surface area (Å²) in [5, 5.41) is 0. The summed E-state index contributed by atoms with van der Waals surface area (Å²) in [6.07, 6.45) is 3.91. The zero-order valence-electron chi connectivity index (χ0n) is 21.8. The zero-order chi connectivity index (χ0) is 25.4. The van der Waals surface area contributed by atoms with E-state index in [9.17, 15) is 4.79 Å². The molecule has 4 rings (SSSR count). The first kappa shape index (κ1) is 25.1. The van der Waals surface area contributed by atoms with Crippen LogP contribution in [-0.4, -0.2) is 39.8 Å². The minimum atomic E-state index is -0.922. The lowest BCUT2D eigenvalue weighted by Gasteiger charge is -2.30. The second kappa shape index (κ2) is 9.57. The summed E-state index contributed by atoms with van der Waals surface area (Å²) in [6, 6.07) is 11.7. The molecule has 0 N–H and O–H groups in total. The maximum atomic E-state index is 14.0. The highest BCUT2D eigenvalue weighted by atomic mass is 16.5. The number of allylic oxidation sites excluding steroid dienone is 1. The number of hydrogen-bond donors (Lipinski definition) is 0. The molecule has 0 radical (unpaired) electrons. The van der Waals surface area contributed by atoms with Gasteiger partial charge in [-0.15, -0.1) is 0 Å². The van der Waals surface area contributed by atoms with Crippen molar-refractivity contribution in [2.75, 3.05) is 28.4 Å². The quantitative estimate of drug-likeness (QED) is 0.470. The van der Waals surface area contributed by atoms with Gasteiger partial charge in [0.25, 0.3) is 0 Å². The fourth-order valence-electron chi connectivity index (χ4n) is 5.44. The molecule has 188 valence electrons. The second-order valence-corrected chi connectivity index (χ2v) is 10.4. The molecule has 2 aromatic rings. The molecule has 1 saturated heterocycles. The Morgan fingerprint density at radius 1 is 0.857 bits per heavy atom. The van der Waals surface area contributed by atoms with Crippen molar-refractivity contribution in [3.8, 4) is 23.0 Å². The van der Waals surface area contributed by atoms with Crippen LogP contribution in [0, 0.1) is 5.41 Å². The second-order valence-electron chi connectivity index (χ2n) is 10.4. The van der Waals surface area contributed by atoms with Crippen LogP contribution in [0.25, 0.3) is 0 Å². The minimum absolute atomic E-state index is 0.0928. The Balaban J connectivity index is 1.75. The maximum absolute atomic E-state index is 14.0. The monoisotopic (exact) mass is 480 g/mol. The van der Waals surface area contributed by atoms with Crippen molar-refractivity contribution in [3.63, 3.8) is 0 Å². The summed E-state index contributed by atoms with van der Waals surface area (Å²) in [6.45, 7) is 6.35. The smallest absolute Gasteiger partial charge is 0.191 e. The lowest BCUT2D eigenvalue weighted by atomic mass is 9.82. The van der Waals surface area contributed by atoms with Gasteiger partial charge >= 0.3 is 0 Å². The molecule has 0 aromatic heterocycles. The van der Waals surface area contributed by atoms with Crippen molar-refractivity contribution in [2.24, 2.45) is 5.41 Å². The van der Waals surface area contributed by atoms with Crippen LogP contribution in [0.5, 0.6) is 23.0 Å². The van der Waals surface area contributed by atoms with Crippen molar-refractivity contribution in [3.05, 3.63) is 59.2 Å². The van der Waals surface area contributed by atoms with E-state index in [2.05, 4.69) is 26.8 Å². The summed E-state index contributed by atoms with van der Waals surface area (Å²) < 4.78 is 28.7. The molecule has 1 heterocycles. The van der Waals surface area contributed by atoms with Gasteiger partial charge in [-0.3, -0.25) is 4.79 Å². The number of ketones is 1. The van der Waals surface area contributed by atoms with Gasteiger partial charge in [0.2, 0.25) is 0 Å². The average molecular weight is 481 g/mol. The molecule has 1 saturated carbocycles. The molecule has 2 fully saturated rings. The van der Waals surface area contributed by atoms with Gasteiger partial charge in [0.1, 0.15) is 5.60 Å². The van der Waals surface area contributed by atoms with E-state index in [1.807, 2.05) is 36.4 Å². The first-order valence-electron chi connectivity index (χ1n) is 12.0. The number of benzene rings is 2. The Hall–Kier alpha value is -2.99. The van der Waals surface area contributed by atoms with Gasteiger partial charge in [-0.25, -0.2) is 0 Å². The summed E-state index contributed by atoms with van der Waals surface area (Å²) in [4.78, 5) is 14.0. The van der Waals surface area contributed by atoms with Gasteiger partial charge in [-0.1, -0.05) is 39.0 Å². The lowest BCUT2D eigenvalue weighted by molar-refractivity contribution is -0.138. The first-order valence-corrected chi connectivity index (χ1v) is 12.0. The molecule has 6 heteroatoms. The van der Waals surface area contributed by atoms with E-state index >= 15 is 0 Å². The number of rotatable bonds is 6. The number of Topliss-reactive ketones (excluding diaryl/α,β-unsaturated/α-hetero) is 1. The first-order chi connectivity index (χ1) is 16.7. The molecule has 1 aliphatic heterocycles. The van der Waals surface area contributed by atoms with Crippen molar-refractivity contribution in [1.29, 1.82) is 0 Å². The number of hydrogen-bond acceptors (Lipinski definition) is 6. The van der Waals surface area contributed by atoms with Crippen molar-refractivity contribution < 1.29 is 28.5 Å². The third-order valence-electron chi connectivity index (χ3n) is 6.99. The van der Waals surface area contributed by atoms with Gasteiger partial charge in [-0.05, 0) is 65.6 Å². The Labute approximate surface area is 208 Å². The molecule has 2 aromatic carbocycles. The SMILES string of the molecule is COc1ccc(C2CCC3(O2)C(=O)C(=CC(C)(C)C)CC3c2ccc(OC)c(OC)c2)cc1OC. The van der Waals surface area contributed by atoms with E-state index in [0.29, 0.717) is 35.8 Å². The molecule has 3 atom stereocenters. The third kappa shape index (κ3) is 4.64. The molecule has 1 aliphatic carbocycles. The van der Waals surface area contributed by atoms with E-state index < -0.39 is 5.60 Å². The van der Waals surface area contributed by atoms with Crippen LogP contribution in [0.2, 0.25) is 0 Å². The van der Waals surface area contributed by atoms with Crippen LogP contribution < -0.4 is 18.9 Å². The van der Waals surface area contributed by atoms with Crippen molar-refractivity contribution >= 4 is 5.78 Å². The van der Waals surface area contributed by atoms with E-state index in [1.165, 1.54) is 0 Å². The molecule has 0 bridgehead atoms. The van der Waals surface area contributed by atoms with Gasteiger partial charge in [-0.2, -0.15) is 0 Å². The van der Waals surface area contributed by atoms with Crippen LogP contribution in [0.15, 0.2) is 48.0 Å². The van der Waals surface area contributed by atoms with Crippen molar-refractivity contribution in [2.45, 2.75) is 57.7 Å². The number of ether oxygens (including phenoxy) is 5. The van der Waals surface area contributed by atoms with Gasteiger partial charge in [0.15, 0.2) is 28.8 Å². The Bertz CT molecular complexity index is 1130. The van der Waals surface area contributed by atoms with E-state index in [1.54, 1.807) is 28.4 Å². The number of carbonyl (C=O) groups is 1. The van der Waals surface area contributed by atoms with Crippen LogP contribution in [-0.2, 0) is 9.53 Å². The highest BCUT2D eigenvalue weighted by Crippen LogP contribution is 2.56. The number of methoxy groups -OCH3 is 4. The predicted molar refractivity (Wildman–Crippen MR) is 135 cm³/mol. The third-order valence-corrected chi connectivity index (χ3v) is 6.99. The highest BCUT2D eigenvalue weighted by molar-refractivity contribution is 6.06. The van der Waals surface area contributed by atoms with Crippen molar-refractivity contribution in [1.82, 2.24) is 0 Å². The molecular weight excluding hydrogens is 444 g/mol. The summed E-state index contributed by atoms with van der Waals surface area (Å²) in [7, 11) is 6.49. The highest BCUT2D eigenvalue weighted by Gasteiger charge is 2.58. The molecule has 35 heavy (non-hydrogen) atoms. The molecule has 6 nitrogen and oxygen atoms in total. The largest absolute Gasteiger partial charge is 0.493 e. The summed E-state index contributed by atoms with van der Waals surface area (Å²) >= 11 is 0. The van der Waals surface area contributed by atoms with E-state index in [-0.39, 0.29) is 23.2 Å². The van der Waals surface area contributed by atoms with Gasteiger partial charge in [0, 0.05) is 5.92 Å². The van der Waals surface area contributed by atoms with Gasteiger partial charge < -0.3 is 23.7 Å². The topological polar surface area (TPSA) is 63.2 Å². The van der Waals surface area contributed by atoms with Crippen LogP contribution in [0.4, 0.5) is 0 Å². The van der Waals surface area contributed by atoms with E-state index in [4.69, 9.17) is 23.7 Å². The molecule has 1 spiro atoms. The molecule has 3 unspecified atom stereocenters. The standard InChI is InChI=1S/C29H36O6/c1-28(2,3)17-20-14-21(18-8-10-23(31-4)25(15-18)33-6)29(27(20)30)13-12-22(35-29)19-9-11-24(32-5)26(16-19)34-7/h8-11,15-17,21-22H,12-14H2,1-7H3. The molecule has 0 amide bonds. The minimum Gasteiger partial charge on any atom is -0.493 e. The molecule has 2 aliphatic rings. The Morgan fingerprint density at radius 3 is 1.94 bits per heavy atom.